The quantitative estimate of drug-likeness (QED) is 0.683. The van der Waals surface area contributed by atoms with Crippen LogP contribution in [0.1, 0.15) is 12.6 Å². The lowest BCUT2D eigenvalue weighted by molar-refractivity contribution is 0.728. The molecule has 0 aliphatic heterocycles. The van der Waals surface area contributed by atoms with Gasteiger partial charge in [-0.25, -0.2) is 0 Å². The summed E-state index contributed by atoms with van der Waals surface area (Å²) in [4.78, 5) is 0. The Morgan fingerprint density at radius 2 is 2.23 bits per heavy atom. The summed E-state index contributed by atoms with van der Waals surface area (Å²) in [5.41, 5.74) is 2.23. The highest BCUT2D eigenvalue weighted by molar-refractivity contribution is 6.31. The van der Waals surface area contributed by atoms with Gasteiger partial charge in [-0.15, -0.1) is 0 Å². The molecule has 1 aromatic carbocycles. The third kappa shape index (κ3) is 1.31. The van der Waals surface area contributed by atoms with Crippen molar-refractivity contribution in [2.45, 2.75) is 13.3 Å². The fourth-order valence-electron chi connectivity index (χ4n) is 1.65. The monoisotopic (exact) mass is 194 g/mol. The zero-order chi connectivity index (χ0) is 9.42. The van der Waals surface area contributed by atoms with E-state index < -0.39 is 0 Å². The summed E-state index contributed by atoms with van der Waals surface area (Å²) < 4.78 is 1.92. The van der Waals surface area contributed by atoms with Crippen LogP contribution in [-0.4, -0.2) is 9.78 Å². The molecule has 0 unspecified atom stereocenters. The molecular weight excluding hydrogens is 184 g/mol. The Bertz CT molecular complexity index is 445. The average molecular weight is 195 g/mol. The molecule has 0 N–H and O–H groups in total. The van der Waals surface area contributed by atoms with E-state index in [1.807, 2.05) is 29.9 Å². The van der Waals surface area contributed by atoms with Gasteiger partial charge in [0.25, 0.3) is 0 Å². The van der Waals surface area contributed by atoms with Gasteiger partial charge in [-0.2, -0.15) is 5.10 Å². The van der Waals surface area contributed by atoms with E-state index in [-0.39, 0.29) is 0 Å². The van der Waals surface area contributed by atoms with Crippen LogP contribution in [0.25, 0.3) is 10.9 Å². The number of rotatable bonds is 1. The van der Waals surface area contributed by atoms with E-state index in [0.717, 1.165) is 17.0 Å². The van der Waals surface area contributed by atoms with Crippen molar-refractivity contribution in [3.63, 3.8) is 0 Å². The van der Waals surface area contributed by atoms with E-state index in [2.05, 4.69) is 12.0 Å². The van der Waals surface area contributed by atoms with Crippen LogP contribution < -0.4 is 0 Å². The third-order valence-electron chi connectivity index (χ3n) is 2.25. The Balaban J connectivity index is 2.79. The van der Waals surface area contributed by atoms with Gasteiger partial charge in [-0.1, -0.05) is 18.5 Å². The largest absolute Gasteiger partial charge is 0.271 e. The van der Waals surface area contributed by atoms with E-state index in [9.17, 15) is 0 Å². The van der Waals surface area contributed by atoms with Crippen LogP contribution in [0.5, 0.6) is 0 Å². The van der Waals surface area contributed by atoms with Gasteiger partial charge < -0.3 is 0 Å². The number of halogens is 1. The summed E-state index contributed by atoms with van der Waals surface area (Å²) in [5.74, 6) is 0. The summed E-state index contributed by atoms with van der Waals surface area (Å²) in [7, 11) is 1.97. The Hall–Kier alpha value is -1.02. The van der Waals surface area contributed by atoms with Crippen molar-refractivity contribution in [1.29, 1.82) is 0 Å². The van der Waals surface area contributed by atoms with Crippen LogP contribution in [0, 0.1) is 0 Å². The molecule has 0 fully saturated rings. The smallest absolute Gasteiger partial charge is 0.0940 e. The molecular formula is C10H11ClN2. The second-order valence-electron chi connectivity index (χ2n) is 3.09. The lowest BCUT2D eigenvalue weighted by Crippen LogP contribution is -1.95. The molecule has 0 radical (unpaired) electrons. The first-order chi connectivity index (χ1) is 6.22. The molecule has 1 aromatic heterocycles. The molecule has 1 heterocycles. The molecule has 68 valence electrons. The maximum Gasteiger partial charge on any atom is 0.0940 e. The molecule has 0 aliphatic rings. The Morgan fingerprint density at radius 3 is 2.92 bits per heavy atom. The Morgan fingerprint density at radius 1 is 1.46 bits per heavy atom. The van der Waals surface area contributed by atoms with Crippen molar-refractivity contribution in [1.82, 2.24) is 9.78 Å². The molecule has 13 heavy (non-hydrogen) atoms. The minimum atomic E-state index is 0.744. The van der Waals surface area contributed by atoms with Crippen LogP contribution in [0.2, 0.25) is 5.02 Å². The molecule has 0 spiro atoms. The summed E-state index contributed by atoms with van der Waals surface area (Å²) in [6.07, 6.45) is 0.995. The summed E-state index contributed by atoms with van der Waals surface area (Å²) in [6, 6.07) is 5.84. The molecule has 0 atom stereocenters. The number of hydrogen-bond donors (Lipinski definition) is 0. The minimum Gasteiger partial charge on any atom is -0.271 e. The van der Waals surface area contributed by atoms with Gasteiger partial charge in [0.15, 0.2) is 0 Å². The van der Waals surface area contributed by atoms with Gasteiger partial charge in [0.1, 0.15) is 0 Å². The first-order valence-corrected chi connectivity index (χ1v) is 4.71. The Kier molecular flexibility index (Phi) is 2.00. The SMILES string of the molecule is CCc1c2ccc(Cl)cc2nn1C. The standard InChI is InChI=1S/C10H11ClN2/c1-3-10-8-5-4-7(11)6-9(8)12-13(10)2/h4-6H,3H2,1-2H3. The minimum absolute atomic E-state index is 0.744. The van der Waals surface area contributed by atoms with Crippen LogP contribution in [0.4, 0.5) is 0 Å². The van der Waals surface area contributed by atoms with Crippen LogP contribution in [0.15, 0.2) is 18.2 Å². The lowest BCUT2D eigenvalue weighted by Gasteiger charge is -1.96. The second kappa shape index (κ2) is 3.04. The summed E-state index contributed by atoms with van der Waals surface area (Å²) in [6.45, 7) is 2.13. The van der Waals surface area contributed by atoms with E-state index in [0.29, 0.717) is 0 Å². The highest BCUT2D eigenvalue weighted by Crippen LogP contribution is 2.21. The molecule has 0 saturated carbocycles. The predicted octanol–water partition coefficient (Wildman–Crippen LogP) is 2.79. The zero-order valence-corrected chi connectivity index (χ0v) is 8.47. The van der Waals surface area contributed by atoms with Gasteiger partial charge >= 0.3 is 0 Å². The maximum atomic E-state index is 5.87. The van der Waals surface area contributed by atoms with Crippen LogP contribution in [-0.2, 0) is 13.5 Å². The first kappa shape index (κ1) is 8.57. The number of hydrogen-bond acceptors (Lipinski definition) is 1. The molecule has 2 nitrogen and oxygen atoms in total. The van der Waals surface area contributed by atoms with Crippen molar-refractivity contribution in [3.8, 4) is 0 Å². The van der Waals surface area contributed by atoms with Gasteiger partial charge in [0.2, 0.25) is 0 Å². The van der Waals surface area contributed by atoms with E-state index >= 15 is 0 Å². The molecule has 3 heteroatoms. The van der Waals surface area contributed by atoms with Crippen molar-refractivity contribution < 1.29 is 0 Å². The van der Waals surface area contributed by atoms with Crippen molar-refractivity contribution in [3.05, 3.63) is 28.9 Å². The molecule has 2 aromatic rings. The van der Waals surface area contributed by atoms with E-state index in [1.54, 1.807) is 0 Å². The highest BCUT2D eigenvalue weighted by atomic mass is 35.5. The first-order valence-electron chi connectivity index (χ1n) is 4.33. The summed E-state index contributed by atoms with van der Waals surface area (Å²) in [5, 5.41) is 6.32. The lowest BCUT2D eigenvalue weighted by atomic mass is 10.2. The number of benzene rings is 1. The average Bonchev–Trinajstić information content (AvgIpc) is 2.39. The predicted molar refractivity (Wildman–Crippen MR) is 55.1 cm³/mol. The topological polar surface area (TPSA) is 17.8 Å². The highest BCUT2D eigenvalue weighted by Gasteiger charge is 2.06. The zero-order valence-electron chi connectivity index (χ0n) is 7.71. The molecule has 0 aliphatic carbocycles. The fourth-order valence-corrected chi connectivity index (χ4v) is 1.81. The molecule has 2 rings (SSSR count). The normalized spacial score (nSPS) is 11.0. The fraction of sp³-hybridized carbons (Fsp3) is 0.300. The van der Waals surface area contributed by atoms with E-state index in [1.165, 1.54) is 11.1 Å². The molecule has 0 amide bonds. The van der Waals surface area contributed by atoms with Crippen LogP contribution in [0.3, 0.4) is 0 Å². The van der Waals surface area contributed by atoms with Gasteiger partial charge in [0.05, 0.1) is 5.52 Å². The van der Waals surface area contributed by atoms with Gasteiger partial charge in [-0.3, -0.25) is 4.68 Å². The van der Waals surface area contributed by atoms with Crippen molar-refractivity contribution >= 4 is 22.5 Å². The van der Waals surface area contributed by atoms with Crippen molar-refractivity contribution in [2.75, 3.05) is 0 Å². The number of fused-ring (bicyclic) bond motifs is 1. The third-order valence-corrected chi connectivity index (χ3v) is 2.49. The number of aromatic nitrogens is 2. The van der Waals surface area contributed by atoms with Crippen LogP contribution >= 0.6 is 11.6 Å². The number of nitrogens with zero attached hydrogens (tertiary/aromatic N) is 2. The second-order valence-corrected chi connectivity index (χ2v) is 3.52. The molecule has 0 saturated heterocycles. The van der Waals surface area contributed by atoms with Crippen molar-refractivity contribution in [2.24, 2.45) is 7.05 Å². The summed E-state index contributed by atoms with van der Waals surface area (Å²) >= 11 is 5.87. The van der Waals surface area contributed by atoms with E-state index in [4.69, 9.17) is 11.6 Å². The van der Waals surface area contributed by atoms with Gasteiger partial charge in [0, 0.05) is 23.2 Å². The van der Waals surface area contributed by atoms with Gasteiger partial charge in [-0.05, 0) is 24.6 Å². The Labute approximate surface area is 82.1 Å². The maximum absolute atomic E-state index is 5.87. The number of aryl methyl sites for hydroxylation is 2. The molecule has 0 bridgehead atoms.